The smallest absolute Gasteiger partial charge is 0.258 e. The molecule has 3 aromatic rings. The Hall–Kier alpha value is -2.77. The molecule has 1 heterocycles. The van der Waals surface area contributed by atoms with E-state index >= 15 is 0 Å². The summed E-state index contributed by atoms with van der Waals surface area (Å²) in [7, 11) is 0. The van der Waals surface area contributed by atoms with Gasteiger partial charge >= 0.3 is 0 Å². The molecule has 1 aromatic heterocycles. The highest BCUT2D eigenvalue weighted by atomic mass is 35.5. The zero-order valence-electron chi connectivity index (χ0n) is 14.1. The van der Waals surface area contributed by atoms with E-state index in [0.29, 0.717) is 10.7 Å². The highest BCUT2D eigenvalue weighted by Gasteiger charge is 2.12. The van der Waals surface area contributed by atoms with Gasteiger partial charge in [-0.1, -0.05) is 41.4 Å². The summed E-state index contributed by atoms with van der Waals surface area (Å²) in [4.78, 5) is 14.9. The summed E-state index contributed by atoms with van der Waals surface area (Å²) in [5, 5.41) is 17.7. The average Bonchev–Trinajstić information content (AvgIpc) is 3.04. The zero-order chi connectivity index (χ0) is 18.7. The Labute approximate surface area is 159 Å². The molecule has 1 N–H and O–H groups in total. The molecule has 6 nitrogen and oxygen atoms in total. The predicted molar refractivity (Wildman–Crippen MR) is 106 cm³/mol. The monoisotopic (exact) mass is 386 g/mol. The number of aromatic nitrogens is 1. The number of nitrogens with one attached hydrogen (secondary N) is 1. The molecule has 0 saturated heterocycles. The molecule has 0 spiro atoms. The Morgan fingerprint density at radius 2 is 2.08 bits per heavy atom. The Bertz CT molecular complexity index is 1000. The quantitative estimate of drug-likeness (QED) is 0.360. The first kappa shape index (κ1) is 18.0. The molecule has 0 atom stereocenters. The molecule has 0 unspecified atom stereocenters. The van der Waals surface area contributed by atoms with Crippen LogP contribution in [0.2, 0.25) is 5.02 Å². The van der Waals surface area contributed by atoms with Crippen molar-refractivity contribution in [1.29, 1.82) is 0 Å². The van der Waals surface area contributed by atoms with Gasteiger partial charge in [-0.3, -0.25) is 15.5 Å². The van der Waals surface area contributed by atoms with Crippen molar-refractivity contribution in [3.63, 3.8) is 0 Å². The van der Waals surface area contributed by atoms with Crippen molar-refractivity contribution in [2.75, 3.05) is 5.43 Å². The summed E-state index contributed by atoms with van der Waals surface area (Å²) >= 11 is 7.23. The molecular weight excluding hydrogens is 372 g/mol. The lowest BCUT2D eigenvalue weighted by molar-refractivity contribution is -0.384. The van der Waals surface area contributed by atoms with E-state index < -0.39 is 4.92 Å². The molecule has 132 valence electrons. The fourth-order valence-electron chi connectivity index (χ4n) is 2.46. The van der Waals surface area contributed by atoms with Crippen molar-refractivity contribution in [3.8, 4) is 11.3 Å². The van der Waals surface area contributed by atoms with Gasteiger partial charge in [0.2, 0.25) is 5.13 Å². The Balaban J connectivity index is 1.73. The van der Waals surface area contributed by atoms with Gasteiger partial charge in [0.15, 0.2) is 0 Å². The van der Waals surface area contributed by atoms with E-state index in [1.54, 1.807) is 6.07 Å². The summed E-state index contributed by atoms with van der Waals surface area (Å²) in [5.74, 6) is 0. The zero-order valence-corrected chi connectivity index (χ0v) is 15.6. The van der Waals surface area contributed by atoms with Crippen LogP contribution in [-0.4, -0.2) is 16.1 Å². The molecule has 0 aliphatic heterocycles. The van der Waals surface area contributed by atoms with Gasteiger partial charge in [-0.2, -0.15) is 5.10 Å². The third kappa shape index (κ3) is 4.07. The topological polar surface area (TPSA) is 80.4 Å². The predicted octanol–water partition coefficient (Wildman–Crippen LogP) is 5.43. The number of nitro groups is 1. The van der Waals surface area contributed by atoms with Gasteiger partial charge < -0.3 is 0 Å². The Kier molecular flexibility index (Phi) is 5.29. The minimum Gasteiger partial charge on any atom is -0.258 e. The van der Waals surface area contributed by atoms with Crippen molar-refractivity contribution in [1.82, 2.24) is 4.98 Å². The SMILES string of the molecule is Cc1ccc(-c2csc(N/N=C\c3ccc(Cl)c([N+](=O)[O-])c3)n2)c(C)c1. The van der Waals surface area contributed by atoms with Crippen LogP contribution >= 0.6 is 22.9 Å². The number of hydrogen-bond donors (Lipinski definition) is 1. The summed E-state index contributed by atoms with van der Waals surface area (Å²) in [5.41, 5.74) is 7.61. The standard InChI is InChI=1S/C18H15ClN4O2S/c1-11-3-5-14(12(2)7-11)16-10-26-18(21-16)22-20-9-13-4-6-15(19)17(8-13)23(24)25/h3-10H,1-2H3,(H,21,22)/b20-9-. The van der Waals surface area contributed by atoms with Gasteiger partial charge in [0.05, 0.1) is 16.8 Å². The number of nitro benzene ring substituents is 1. The number of nitrogens with zero attached hydrogens (tertiary/aromatic N) is 3. The molecule has 26 heavy (non-hydrogen) atoms. The van der Waals surface area contributed by atoms with Crippen molar-refractivity contribution in [2.45, 2.75) is 13.8 Å². The van der Waals surface area contributed by atoms with Crippen LogP contribution in [0, 0.1) is 24.0 Å². The molecule has 0 bridgehead atoms. The minimum absolute atomic E-state index is 0.0955. The maximum absolute atomic E-state index is 10.9. The normalized spacial score (nSPS) is 11.0. The first-order chi connectivity index (χ1) is 12.4. The van der Waals surface area contributed by atoms with Crippen LogP contribution in [0.15, 0.2) is 46.9 Å². The first-order valence-corrected chi connectivity index (χ1v) is 8.96. The number of rotatable bonds is 5. The second kappa shape index (κ2) is 7.63. The highest BCUT2D eigenvalue weighted by Crippen LogP contribution is 2.28. The lowest BCUT2D eigenvalue weighted by atomic mass is 10.0. The van der Waals surface area contributed by atoms with E-state index in [4.69, 9.17) is 11.6 Å². The summed E-state index contributed by atoms with van der Waals surface area (Å²) in [6.07, 6.45) is 1.49. The minimum atomic E-state index is -0.524. The summed E-state index contributed by atoms with van der Waals surface area (Å²) in [6.45, 7) is 4.11. The molecule has 0 radical (unpaired) electrons. The molecule has 0 amide bonds. The van der Waals surface area contributed by atoms with Crippen molar-refractivity contribution >= 4 is 40.0 Å². The summed E-state index contributed by atoms with van der Waals surface area (Å²) in [6, 6.07) is 10.7. The van der Waals surface area contributed by atoms with Gasteiger partial charge in [-0.05, 0) is 25.5 Å². The van der Waals surface area contributed by atoms with Crippen LogP contribution in [0.4, 0.5) is 10.8 Å². The molecular formula is C18H15ClN4O2S. The maximum atomic E-state index is 10.9. The van der Waals surface area contributed by atoms with Crippen LogP contribution in [0.25, 0.3) is 11.3 Å². The van der Waals surface area contributed by atoms with Gasteiger partial charge in [-0.15, -0.1) is 11.3 Å². The van der Waals surface area contributed by atoms with Gasteiger partial charge in [0, 0.05) is 22.6 Å². The number of benzene rings is 2. The first-order valence-electron chi connectivity index (χ1n) is 7.70. The van der Waals surface area contributed by atoms with Crippen LogP contribution in [-0.2, 0) is 0 Å². The number of hydrogen-bond acceptors (Lipinski definition) is 6. The van der Waals surface area contributed by atoms with E-state index in [1.807, 2.05) is 5.38 Å². The molecule has 0 saturated carbocycles. The number of aryl methyl sites for hydroxylation is 2. The lowest BCUT2D eigenvalue weighted by Gasteiger charge is -2.03. The number of anilines is 1. The fourth-order valence-corrected chi connectivity index (χ4v) is 3.31. The van der Waals surface area contributed by atoms with E-state index in [1.165, 1.54) is 40.8 Å². The lowest BCUT2D eigenvalue weighted by Crippen LogP contribution is -1.93. The number of hydrazone groups is 1. The van der Waals surface area contributed by atoms with Crippen LogP contribution in [0.1, 0.15) is 16.7 Å². The molecule has 2 aromatic carbocycles. The van der Waals surface area contributed by atoms with Gasteiger partial charge in [0.25, 0.3) is 5.69 Å². The second-order valence-corrected chi connectivity index (χ2v) is 6.96. The van der Waals surface area contributed by atoms with Crippen LogP contribution in [0.3, 0.4) is 0 Å². The van der Waals surface area contributed by atoms with Crippen molar-refractivity contribution < 1.29 is 4.92 Å². The van der Waals surface area contributed by atoms with E-state index in [9.17, 15) is 10.1 Å². The van der Waals surface area contributed by atoms with E-state index in [-0.39, 0.29) is 10.7 Å². The van der Waals surface area contributed by atoms with E-state index in [2.05, 4.69) is 47.6 Å². The average molecular weight is 387 g/mol. The highest BCUT2D eigenvalue weighted by molar-refractivity contribution is 7.14. The molecule has 0 fully saturated rings. The fraction of sp³-hybridized carbons (Fsp3) is 0.111. The largest absolute Gasteiger partial charge is 0.288 e. The Morgan fingerprint density at radius 3 is 2.81 bits per heavy atom. The molecule has 8 heteroatoms. The van der Waals surface area contributed by atoms with Crippen LogP contribution in [0.5, 0.6) is 0 Å². The van der Waals surface area contributed by atoms with Crippen molar-refractivity contribution in [3.05, 3.63) is 73.6 Å². The summed E-state index contributed by atoms with van der Waals surface area (Å²) < 4.78 is 0. The Morgan fingerprint density at radius 1 is 1.27 bits per heavy atom. The van der Waals surface area contributed by atoms with Crippen LogP contribution < -0.4 is 5.43 Å². The van der Waals surface area contributed by atoms with E-state index in [0.717, 1.165) is 11.3 Å². The third-order valence-corrected chi connectivity index (χ3v) is 4.77. The van der Waals surface area contributed by atoms with Gasteiger partial charge in [0.1, 0.15) is 5.02 Å². The number of halogens is 1. The maximum Gasteiger partial charge on any atom is 0.288 e. The second-order valence-electron chi connectivity index (χ2n) is 5.69. The third-order valence-electron chi connectivity index (χ3n) is 3.70. The van der Waals surface area contributed by atoms with Crippen molar-refractivity contribution in [2.24, 2.45) is 5.10 Å². The number of thiazole rings is 1. The molecule has 3 rings (SSSR count). The molecule has 0 aliphatic rings. The molecule has 0 aliphatic carbocycles. The van der Waals surface area contributed by atoms with Gasteiger partial charge in [-0.25, -0.2) is 4.98 Å².